The van der Waals surface area contributed by atoms with Gasteiger partial charge in [-0.1, -0.05) is 12.1 Å². The van der Waals surface area contributed by atoms with Crippen LogP contribution in [0.2, 0.25) is 0 Å². The maximum atomic E-state index is 12.4. The van der Waals surface area contributed by atoms with Gasteiger partial charge in [0.15, 0.2) is 10.4 Å². The van der Waals surface area contributed by atoms with Gasteiger partial charge in [0.25, 0.3) is 11.8 Å². The number of carbonyl (C=O) groups is 3. The van der Waals surface area contributed by atoms with Gasteiger partial charge in [-0.3, -0.25) is 14.4 Å². The Bertz CT molecular complexity index is 845. The first-order chi connectivity index (χ1) is 12.4. The van der Waals surface area contributed by atoms with E-state index in [9.17, 15) is 14.4 Å². The van der Waals surface area contributed by atoms with E-state index in [4.69, 9.17) is 4.42 Å². The highest BCUT2D eigenvalue weighted by atomic mass is 79.9. The van der Waals surface area contributed by atoms with Crippen molar-refractivity contribution in [2.45, 2.75) is 13.5 Å². The van der Waals surface area contributed by atoms with Crippen molar-refractivity contribution < 1.29 is 18.8 Å². The number of amides is 3. The Balaban J connectivity index is 1.59. The van der Waals surface area contributed by atoms with Crippen LogP contribution in [0, 0.1) is 6.92 Å². The summed E-state index contributed by atoms with van der Waals surface area (Å²) in [7, 11) is 0. The molecule has 0 saturated carbocycles. The summed E-state index contributed by atoms with van der Waals surface area (Å²) < 4.78 is 5.82. The van der Waals surface area contributed by atoms with Crippen molar-refractivity contribution in [1.82, 2.24) is 15.5 Å². The highest BCUT2D eigenvalue weighted by Gasteiger charge is 2.22. The summed E-state index contributed by atoms with van der Waals surface area (Å²) in [5.74, 6) is -0.352. The molecule has 0 aliphatic carbocycles. The van der Waals surface area contributed by atoms with E-state index in [0.717, 1.165) is 11.1 Å². The van der Waals surface area contributed by atoms with E-state index in [1.165, 1.54) is 4.90 Å². The highest BCUT2D eigenvalue weighted by Crippen LogP contribution is 2.19. The van der Waals surface area contributed by atoms with Crippen LogP contribution in [0.25, 0.3) is 0 Å². The number of carbonyl (C=O) groups excluding carboxylic acids is 3. The van der Waals surface area contributed by atoms with Crippen LogP contribution in [-0.4, -0.2) is 42.3 Å². The molecule has 0 unspecified atom stereocenters. The molecular weight excluding hydrogens is 402 g/mol. The van der Waals surface area contributed by atoms with Crippen LogP contribution in [-0.2, 0) is 11.3 Å². The molecule has 1 aromatic carbocycles. The number of furan rings is 1. The van der Waals surface area contributed by atoms with Gasteiger partial charge in [0, 0.05) is 30.8 Å². The van der Waals surface area contributed by atoms with Crippen LogP contribution in [0.15, 0.2) is 39.4 Å². The molecule has 1 aliphatic rings. The maximum Gasteiger partial charge on any atom is 0.287 e. The van der Waals surface area contributed by atoms with E-state index >= 15 is 0 Å². The van der Waals surface area contributed by atoms with Crippen LogP contribution in [0.5, 0.6) is 0 Å². The van der Waals surface area contributed by atoms with Gasteiger partial charge in [0.2, 0.25) is 5.91 Å². The molecule has 26 heavy (non-hydrogen) atoms. The van der Waals surface area contributed by atoms with Crippen LogP contribution < -0.4 is 10.6 Å². The number of nitrogens with zero attached hydrogens (tertiary/aromatic N) is 1. The van der Waals surface area contributed by atoms with Gasteiger partial charge in [-0.05, 0) is 46.6 Å². The van der Waals surface area contributed by atoms with E-state index in [1.807, 2.05) is 0 Å². The number of benzene rings is 1. The number of aryl methyl sites for hydroxylation is 1. The molecule has 1 aromatic heterocycles. The Kier molecular flexibility index (Phi) is 5.41. The van der Waals surface area contributed by atoms with E-state index < -0.39 is 0 Å². The molecule has 1 aliphatic heterocycles. The average Bonchev–Trinajstić information content (AvgIpc) is 2.98. The van der Waals surface area contributed by atoms with Crippen molar-refractivity contribution in [3.63, 3.8) is 0 Å². The summed E-state index contributed by atoms with van der Waals surface area (Å²) in [5.41, 5.74) is 2.12. The number of hydrogen-bond acceptors (Lipinski definition) is 4. The molecule has 3 rings (SSSR count). The monoisotopic (exact) mass is 419 g/mol. The fourth-order valence-corrected chi connectivity index (χ4v) is 3.20. The van der Waals surface area contributed by atoms with Crippen LogP contribution in [0.4, 0.5) is 0 Å². The molecule has 7 nitrogen and oxygen atoms in total. The van der Waals surface area contributed by atoms with Crippen molar-refractivity contribution in [3.05, 3.63) is 57.5 Å². The van der Waals surface area contributed by atoms with Gasteiger partial charge in [-0.15, -0.1) is 0 Å². The zero-order chi connectivity index (χ0) is 18.7. The lowest BCUT2D eigenvalue weighted by Crippen LogP contribution is -2.49. The lowest BCUT2D eigenvalue weighted by atomic mass is 10.1. The summed E-state index contributed by atoms with van der Waals surface area (Å²) in [5, 5.41) is 5.48. The normalized spacial score (nSPS) is 14.1. The summed E-state index contributed by atoms with van der Waals surface area (Å²) in [6, 6.07) is 8.69. The fourth-order valence-electron chi connectivity index (χ4n) is 2.69. The summed E-state index contributed by atoms with van der Waals surface area (Å²) in [4.78, 5) is 37.5. The minimum atomic E-state index is -0.298. The zero-order valence-electron chi connectivity index (χ0n) is 14.2. The number of rotatable bonds is 4. The molecule has 2 aromatic rings. The van der Waals surface area contributed by atoms with Crippen LogP contribution in [0.3, 0.4) is 0 Å². The average molecular weight is 420 g/mol. The molecule has 3 amide bonds. The van der Waals surface area contributed by atoms with Gasteiger partial charge in [0.05, 0.1) is 6.54 Å². The molecule has 0 spiro atoms. The molecule has 0 radical (unpaired) electrons. The predicted octanol–water partition coefficient (Wildman–Crippen LogP) is 1.85. The van der Waals surface area contributed by atoms with E-state index in [1.54, 1.807) is 37.3 Å². The van der Waals surface area contributed by atoms with Crippen molar-refractivity contribution in [2.24, 2.45) is 0 Å². The van der Waals surface area contributed by atoms with Crippen molar-refractivity contribution in [2.75, 3.05) is 19.6 Å². The first-order valence-corrected chi connectivity index (χ1v) is 8.92. The Hall–Kier alpha value is -2.61. The van der Waals surface area contributed by atoms with Gasteiger partial charge in [-0.25, -0.2) is 0 Å². The molecular formula is C18H18BrN3O4. The summed E-state index contributed by atoms with van der Waals surface area (Å²) >= 11 is 3.20. The van der Waals surface area contributed by atoms with Crippen LogP contribution in [0.1, 0.15) is 32.0 Å². The summed E-state index contributed by atoms with van der Waals surface area (Å²) in [6.07, 6.45) is 0. The van der Waals surface area contributed by atoms with Crippen LogP contribution >= 0.6 is 15.9 Å². The Labute approximate surface area is 158 Å². The zero-order valence-corrected chi connectivity index (χ0v) is 15.8. The highest BCUT2D eigenvalue weighted by molar-refractivity contribution is 9.10. The van der Waals surface area contributed by atoms with E-state index in [-0.39, 0.29) is 30.0 Å². The van der Waals surface area contributed by atoms with Gasteiger partial charge >= 0.3 is 0 Å². The smallest absolute Gasteiger partial charge is 0.287 e. The first kappa shape index (κ1) is 18.2. The molecule has 2 N–H and O–H groups in total. The minimum Gasteiger partial charge on any atom is -0.444 e. The number of hydrogen-bond donors (Lipinski definition) is 2. The quantitative estimate of drug-likeness (QED) is 0.790. The number of halogens is 1. The third kappa shape index (κ3) is 4.13. The Morgan fingerprint density at radius 2 is 2.04 bits per heavy atom. The summed E-state index contributed by atoms with van der Waals surface area (Å²) in [6.45, 7) is 3.16. The topological polar surface area (TPSA) is 91.7 Å². The number of nitrogens with one attached hydrogen (secondary N) is 2. The van der Waals surface area contributed by atoms with Crippen molar-refractivity contribution in [3.8, 4) is 0 Å². The van der Waals surface area contributed by atoms with Gasteiger partial charge in [0.1, 0.15) is 0 Å². The molecule has 1 saturated heterocycles. The second-order valence-corrected chi connectivity index (χ2v) is 6.80. The molecule has 136 valence electrons. The Morgan fingerprint density at radius 3 is 2.65 bits per heavy atom. The molecule has 8 heteroatoms. The molecule has 0 atom stereocenters. The van der Waals surface area contributed by atoms with Crippen molar-refractivity contribution in [1.29, 1.82) is 0 Å². The molecule has 1 fully saturated rings. The van der Waals surface area contributed by atoms with Gasteiger partial charge < -0.3 is 20.0 Å². The lowest BCUT2D eigenvalue weighted by Gasteiger charge is -2.26. The third-order valence-electron chi connectivity index (χ3n) is 4.07. The van der Waals surface area contributed by atoms with E-state index in [2.05, 4.69) is 26.6 Å². The van der Waals surface area contributed by atoms with Gasteiger partial charge in [-0.2, -0.15) is 0 Å². The maximum absolute atomic E-state index is 12.4. The standard InChI is InChI=1S/C18H18BrN3O4/c1-11-8-14(19)26-16(11)17(24)21-9-12-2-4-13(5-3-12)18(25)22-7-6-20-15(23)10-22/h2-5,8H,6-7,9-10H2,1H3,(H,20,23)(H,21,24). The number of piperazine rings is 1. The van der Waals surface area contributed by atoms with E-state index in [0.29, 0.717) is 29.9 Å². The molecule has 0 bridgehead atoms. The SMILES string of the molecule is Cc1cc(Br)oc1C(=O)NCc1ccc(C(=O)N2CCNC(=O)C2)cc1. The largest absolute Gasteiger partial charge is 0.444 e. The third-order valence-corrected chi connectivity index (χ3v) is 4.46. The minimum absolute atomic E-state index is 0.0781. The second-order valence-electron chi connectivity index (χ2n) is 6.02. The predicted molar refractivity (Wildman–Crippen MR) is 97.7 cm³/mol. The first-order valence-electron chi connectivity index (χ1n) is 8.13. The van der Waals surface area contributed by atoms with Crippen molar-refractivity contribution >= 4 is 33.7 Å². The fraction of sp³-hybridized carbons (Fsp3) is 0.278. The Morgan fingerprint density at radius 1 is 1.31 bits per heavy atom. The lowest BCUT2D eigenvalue weighted by molar-refractivity contribution is -0.123. The molecule has 2 heterocycles. The second kappa shape index (κ2) is 7.74.